The van der Waals surface area contributed by atoms with Crippen LogP contribution in [0.4, 0.5) is 0 Å². The summed E-state index contributed by atoms with van der Waals surface area (Å²) in [6.45, 7) is 1.05. The minimum Gasteiger partial charge on any atom is -0.353 e. The van der Waals surface area contributed by atoms with Crippen molar-refractivity contribution in [3.8, 4) is 0 Å². The molecule has 1 aromatic carbocycles. The van der Waals surface area contributed by atoms with Crippen molar-refractivity contribution in [2.75, 3.05) is 0 Å². The lowest BCUT2D eigenvalue weighted by Gasteiger charge is -2.40. The third-order valence-corrected chi connectivity index (χ3v) is 6.52. The monoisotopic (exact) mass is 341 g/mol. The summed E-state index contributed by atoms with van der Waals surface area (Å²) in [4.78, 5) is 15.3. The van der Waals surface area contributed by atoms with Crippen molar-refractivity contribution in [3.05, 3.63) is 35.9 Å². The van der Waals surface area contributed by atoms with Crippen LogP contribution in [0.3, 0.4) is 0 Å². The van der Waals surface area contributed by atoms with E-state index in [0.29, 0.717) is 18.1 Å². The van der Waals surface area contributed by atoms with Gasteiger partial charge in [-0.3, -0.25) is 9.69 Å². The Morgan fingerprint density at radius 3 is 2.44 bits per heavy atom. The summed E-state index contributed by atoms with van der Waals surface area (Å²) in [5, 5.41) is 3.37. The number of benzene rings is 1. The zero-order valence-electron chi connectivity index (χ0n) is 15.1. The predicted octanol–water partition coefficient (Wildman–Crippen LogP) is 2.82. The maximum atomic E-state index is 12.6. The van der Waals surface area contributed by atoms with Crippen LogP contribution in [0, 0.1) is 5.92 Å². The van der Waals surface area contributed by atoms with E-state index in [-0.39, 0.29) is 17.9 Å². The van der Waals surface area contributed by atoms with E-state index in [1.54, 1.807) is 0 Å². The minimum absolute atomic E-state index is 0.142. The van der Waals surface area contributed by atoms with Crippen LogP contribution in [0.1, 0.15) is 56.9 Å². The predicted molar refractivity (Wildman–Crippen MR) is 99.9 cm³/mol. The van der Waals surface area contributed by atoms with Crippen LogP contribution in [0.2, 0.25) is 0 Å². The van der Waals surface area contributed by atoms with Crippen molar-refractivity contribution in [1.29, 1.82) is 0 Å². The first kappa shape index (κ1) is 17.0. The molecule has 1 amide bonds. The Hall–Kier alpha value is -1.39. The summed E-state index contributed by atoms with van der Waals surface area (Å²) >= 11 is 0. The van der Waals surface area contributed by atoms with Gasteiger partial charge in [-0.1, -0.05) is 36.8 Å². The molecule has 3 N–H and O–H groups in total. The number of nitrogens with two attached hydrogens (primary N) is 1. The first-order chi connectivity index (χ1) is 12.2. The van der Waals surface area contributed by atoms with Crippen LogP contribution in [0.25, 0.3) is 0 Å². The molecule has 0 aromatic heterocycles. The second-order valence-electron chi connectivity index (χ2n) is 8.34. The second-order valence-corrected chi connectivity index (χ2v) is 8.34. The molecule has 4 unspecified atom stereocenters. The maximum absolute atomic E-state index is 12.6. The van der Waals surface area contributed by atoms with Gasteiger partial charge in [0.25, 0.3) is 0 Å². The fourth-order valence-corrected chi connectivity index (χ4v) is 5.23. The molecule has 136 valence electrons. The van der Waals surface area contributed by atoms with Crippen LogP contribution in [-0.4, -0.2) is 35.0 Å². The highest BCUT2D eigenvalue weighted by atomic mass is 16.1. The zero-order chi connectivity index (χ0) is 17.2. The van der Waals surface area contributed by atoms with Gasteiger partial charge in [0.2, 0.25) is 5.91 Å². The number of carbonyl (C=O) groups is 1. The molecule has 1 saturated carbocycles. The topological polar surface area (TPSA) is 58.4 Å². The molecule has 0 radical (unpaired) electrons. The normalized spacial score (nSPS) is 35.5. The molecule has 2 heterocycles. The second kappa shape index (κ2) is 7.46. The summed E-state index contributed by atoms with van der Waals surface area (Å²) in [5.74, 6) is 0.403. The van der Waals surface area contributed by atoms with Gasteiger partial charge in [-0.25, -0.2) is 0 Å². The van der Waals surface area contributed by atoms with Gasteiger partial charge in [0.15, 0.2) is 0 Å². The molecular formula is C21H31N3O. The summed E-state index contributed by atoms with van der Waals surface area (Å²) < 4.78 is 0. The Balaban J connectivity index is 1.33. The molecule has 4 nitrogen and oxygen atoms in total. The molecule has 25 heavy (non-hydrogen) atoms. The van der Waals surface area contributed by atoms with Crippen molar-refractivity contribution in [2.24, 2.45) is 11.7 Å². The Morgan fingerprint density at radius 2 is 1.76 bits per heavy atom. The third-order valence-electron chi connectivity index (χ3n) is 6.52. The smallest absolute Gasteiger partial charge is 0.223 e. The van der Waals surface area contributed by atoms with E-state index in [4.69, 9.17) is 5.73 Å². The molecule has 4 atom stereocenters. The quantitative estimate of drug-likeness (QED) is 0.885. The minimum atomic E-state index is 0.142. The lowest BCUT2D eigenvalue weighted by atomic mass is 9.85. The highest BCUT2D eigenvalue weighted by Crippen LogP contribution is 2.37. The first-order valence-electron chi connectivity index (χ1n) is 10.0. The zero-order valence-corrected chi connectivity index (χ0v) is 15.1. The molecule has 2 saturated heterocycles. The number of nitrogens with one attached hydrogen (secondary N) is 1. The number of hydrogen-bond donors (Lipinski definition) is 2. The summed E-state index contributed by atoms with van der Waals surface area (Å²) in [5.41, 5.74) is 7.46. The average Bonchev–Trinajstić information content (AvgIpc) is 2.85. The van der Waals surface area contributed by atoms with Gasteiger partial charge in [0.05, 0.1) is 0 Å². The molecule has 3 aliphatic rings. The van der Waals surface area contributed by atoms with Gasteiger partial charge < -0.3 is 11.1 Å². The third kappa shape index (κ3) is 3.90. The molecule has 0 spiro atoms. The van der Waals surface area contributed by atoms with Crippen LogP contribution in [0.15, 0.2) is 30.3 Å². The van der Waals surface area contributed by atoms with E-state index < -0.39 is 0 Å². The number of piperidine rings is 1. The van der Waals surface area contributed by atoms with Crippen LogP contribution in [0.5, 0.6) is 0 Å². The molecule has 2 bridgehead atoms. The first-order valence-corrected chi connectivity index (χ1v) is 10.0. The molecule has 4 rings (SSSR count). The van der Waals surface area contributed by atoms with Gasteiger partial charge in [0.1, 0.15) is 0 Å². The highest BCUT2D eigenvalue weighted by Gasteiger charge is 2.41. The largest absolute Gasteiger partial charge is 0.353 e. The maximum Gasteiger partial charge on any atom is 0.223 e. The van der Waals surface area contributed by atoms with Crippen molar-refractivity contribution in [1.82, 2.24) is 10.2 Å². The van der Waals surface area contributed by atoms with Gasteiger partial charge >= 0.3 is 0 Å². The molecule has 4 heteroatoms. The van der Waals surface area contributed by atoms with E-state index in [9.17, 15) is 4.79 Å². The van der Waals surface area contributed by atoms with Crippen LogP contribution in [-0.2, 0) is 11.3 Å². The number of carbonyl (C=O) groups excluding carboxylic acids is 1. The van der Waals surface area contributed by atoms with Crippen LogP contribution < -0.4 is 11.1 Å². The molecule has 1 aromatic rings. The lowest BCUT2D eigenvalue weighted by Crippen LogP contribution is -2.51. The van der Waals surface area contributed by atoms with Crippen molar-refractivity contribution in [2.45, 2.75) is 82.1 Å². The van der Waals surface area contributed by atoms with Crippen molar-refractivity contribution < 1.29 is 4.79 Å². The van der Waals surface area contributed by atoms with Crippen LogP contribution >= 0.6 is 0 Å². The summed E-state index contributed by atoms with van der Waals surface area (Å²) in [6.07, 6.45) is 8.81. The van der Waals surface area contributed by atoms with E-state index in [2.05, 4.69) is 40.5 Å². The number of fused-ring (bicyclic) bond motifs is 2. The Labute approximate surface area is 151 Å². The highest BCUT2D eigenvalue weighted by molar-refractivity contribution is 5.79. The fourth-order valence-electron chi connectivity index (χ4n) is 5.23. The Kier molecular flexibility index (Phi) is 5.09. The van der Waals surface area contributed by atoms with Gasteiger partial charge in [-0.05, 0) is 50.5 Å². The molecule has 3 fully saturated rings. The van der Waals surface area contributed by atoms with Crippen molar-refractivity contribution in [3.63, 3.8) is 0 Å². The van der Waals surface area contributed by atoms with E-state index in [1.165, 1.54) is 18.4 Å². The van der Waals surface area contributed by atoms with E-state index in [0.717, 1.165) is 45.1 Å². The Bertz CT molecular complexity index is 576. The fraction of sp³-hybridized carbons (Fsp3) is 0.667. The number of hydrogen-bond acceptors (Lipinski definition) is 3. The van der Waals surface area contributed by atoms with Crippen molar-refractivity contribution >= 4 is 5.91 Å². The number of rotatable bonds is 4. The van der Waals surface area contributed by atoms with Gasteiger partial charge in [-0.2, -0.15) is 0 Å². The Morgan fingerprint density at radius 1 is 1.04 bits per heavy atom. The summed E-state index contributed by atoms with van der Waals surface area (Å²) in [7, 11) is 0. The SMILES string of the molecule is NC1CCCC(C(=O)NC2CC3CCC(C2)N3Cc2ccccc2)C1. The lowest BCUT2D eigenvalue weighted by molar-refractivity contribution is -0.127. The molecular weight excluding hydrogens is 310 g/mol. The number of nitrogens with zero attached hydrogens (tertiary/aromatic N) is 1. The average molecular weight is 341 g/mol. The van der Waals surface area contributed by atoms with E-state index >= 15 is 0 Å². The van der Waals surface area contributed by atoms with E-state index in [1.807, 2.05) is 0 Å². The number of amides is 1. The summed E-state index contributed by atoms with van der Waals surface area (Å²) in [6, 6.07) is 12.6. The van der Waals surface area contributed by atoms with Gasteiger partial charge in [-0.15, -0.1) is 0 Å². The standard InChI is InChI=1S/C21H31N3O/c22-17-8-4-7-16(11-17)21(25)23-18-12-19-9-10-20(13-18)24(19)14-15-5-2-1-3-6-15/h1-3,5-6,16-20H,4,7-14,22H2,(H,23,25). The van der Waals surface area contributed by atoms with Gasteiger partial charge in [0, 0.05) is 36.6 Å². The molecule has 1 aliphatic carbocycles. The molecule has 2 aliphatic heterocycles.